The van der Waals surface area contributed by atoms with Crippen molar-refractivity contribution in [3.05, 3.63) is 11.6 Å². The Bertz CT molecular complexity index is 193. The lowest BCUT2D eigenvalue weighted by molar-refractivity contribution is -0.110. The van der Waals surface area contributed by atoms with Crippen molar-refractivity contribution in [2.45, 2.75) is 19.4 Å². The maximum Gasteiger partial charge on any atom is 0.151 e. The van der Waals surface area contributed by atoms with Gasteiger partial charge in [-0.05, 0) is 25.5 Å². The molecule has 9 heavy (non-hydrogen) atoms. The molecule has 0 aromatic carbocycles. The first-order chi connectivity index (χ1) is 4.16. The number of hydrogen-bond donors (Lipinski definition) is 0. The number of nitrogens with zero attached hydrogens (tertiary/aromatic N) is 1. The van der Waals surface area contributed by atoms with Crippen LogP contribution in [0, 0.1) is 0 Å². The monoisotopic (exact) mass is 123 g/mol. The number of allylic oxidation sites excluding steroid dienone is 1. The highest BCUT2D eigenvalue weighted by atomic mass is 16.1. The molecule has 1 unspecified atom stereocenters. The van der Waals surface area contributed by atoms with Crippen LogP contribution >= 0.6 is 0 Å². The predicted molar refractivity (Wildman–Crippen MR) is 36.7 cm³/mol. The van der Waals surface area contributed by atoms with E-state index in [4.69, 9.17) is 0 Å². The minimum atomic E-state index is -0.565. The van der Waals surface area contributed by atoms with Gasteiger partial charge in [0.15, 0.2) is 6.29 Å². The summed E-state index contributed by atoms with van der Waals surface area (Å²) in [5.74, 6) is 0. The predicted octanol–water partition coefficient (Wildman–Crippen LogP) is 0.975. The summed E-state index contributed by atoms with van der Waals surface area (Å²) >= 11 is 0. The van der Waals surface area contributed by atoms with E-state index in [1.165, 1.54) is 0 Å². The molecule has 1 rings (SSSR count). The second-order valence-electron chi connectivity index (χ2n) is 2.49. The van der Waals surface area contributed by atoms with Gasteiger partial charge < -0.3 is 4.79 Å². The van der Waals surface area contributed by atoms with Crippen LogP contribution in [-0.4, -0.2) is 18.0 Å². The van der Waals surface area contributed by atoms with Gasteiger partial charge in [-0.3, -0.25) is 4.99 Å². The molecule has 2 nitrogen and oxygen atoms in total. The molecule has 0 saturated carbocycles. The van der Waals surface area contributed by atoms with Crippen molar-refractivity contribution in [1.82, 2.24) is 0 Å². The minimum absolute atomic E-state index is 0.565. The summed E-state index contributed by atoms with van der Waals surface area (Å²) in [7, 11) is 0. The van der Waals surface area contributed by atoms with E-state index in [1.54, 1.807) is 13.1 Å². The fraction of sp³-hybridized carbons (Fsp3) is 0.429. The number of hydrogen-bond acceptors (Lipinski definition) is 2. The van der Waals surface area contributed by atoms with E-state index < -0.39 is 5.54 Å². The van der Waals surface area contributed by atoms with Gasteiger partial charge in [-0.15, -0.1) is 0 Å². The molecule has 0 fully saturated rings. The highest BCUT2D eigenvalue weighted by Gasteiger charge is 2.21. The van der Waals surface area contributed by atoms with E-state index >= 15 is 0 Å². The molecular weight excluding hydrogens is 114 g/mol. The lowest BCUT2D eigenvalue weighted by Crippen LogP contribution is -2.17. The second kappa shape index (κ2) is 1.79. The Morgan fingerprint density at radius 3 is 2.67 bits per heavy atom. The summed E-state index contributed by atoms with van der Waals surface area (Å²) in [5.41, 5.74) is 0.494. The van der Waals surface area contributed by atoms with Crippen LogP contribution in [0.1, 0.15) is 13.8 Å². The molecule has 0 saturated heterocycles. The quantitative estimate of drug-likeness (QED) is 0.478. The highest BCUT2D eigenvalue weighted by molar-refractivity contribution is 5.87. The van der Waals surface area contributed by atoms with Crippen LogP contribution in [-0.2, 0) is 4.79 Å². The zero-order valence-electron chi connectivity index (χ0n) is 5.59. The summed E-state index contributed by atoms with van der Waals surface area (Å²) in [6, 6.07) is 0. The van der Waals surface area contributed by atoms with Crippen molar-refractivity contribution >= 4 is 12.5 Å². The average Bonchev–Trinajstić information content (AvgIpc) is 2.13. The summed E-state index contributed by atoms with van der Waals surface area (Å²) in [5, 5.41) is 0. The van der Waals surface area contributed by atoms with Crippen LogP contribution in [0.2, 0.25) is 0 Å². The number of aldehydes is 1. The van der Waals surface area contributed by atoms with Crippen LogP contribution in [0.15, 0.2) is 16.6 Å². The molecule has 1 atom stereocenters. The third-order valence-corrected chi connectivity index (χ3v) is 1.30. The fourth-order valence-electron chi connectivity index (χ4n) is 0.841. The maximum absolute atomic E-state index is 10.3. The Labute approximate surface area is 54.3 Å². The van der Waals surface area contributed by atoms with Crippen LogP contribution in [0.5, 0.6) is 0 Å². The Morgan fingerprint density at radius 1 is 1.78 bits per heavy atom. The summed E-state index contributed by atoms with van der Waals surface area (Å²) in [4.78, 5) is 14.3. The van der Waals surface area contributed by atoms with Gasteiger partial charge in [0.1, 0.15) is 5.54 Å². The van der Waals surface area contributed by atoms with Crippen LogP contribution in [0.4, 0.5) is 0 Å². The zero-order valence-corrected chi connectivity index (χ0v) is 5.59. The molecule has 1 heterocycles. The molecule has 0 amide bonds. The van der Waals surface area contributed by atoms with Crippen molar-refractivity contribution in [2.24, 2.45) is 4.99 Å². The van der Waals surface area contributed by atoms with E-state index in [0.29, 0.717) is 0 Å². The van der Waals surface area contributed by atoms with Crippen LogP contribution in [0.3, 0.4) is 0 Å². The normalized spacial score (nSPS) is 32.4. The molecule has 0 radical (unpaired) electrons. The van der Waals surface area contributed by atoms with E-state index in [2.05, 4.69) is 4.99 Å². The molecule has 0 spiro atoms. The lowest BCUT2D eigenvalue weighted by Gasteiger charge is -2.05. The lowest BCUT2D eigenvalue weighted by atomic mass is 10.1. The first-order valence-corrected chi connectivity index (χ1v) is 2.87. The molecule has 2 heteroatoms. The molecule has 0 bridgehead atoms. The second-order valence-corrected chi connectivity index (χ2v) is 2.49. The molecule has 0 aliphatic carbocycles. The number of rotatable bonds is 1. The van der Waals surface area contributed by atoms with Gasteiger partial charge in [0.05, 0.1) is 0 Å². The molecule has 0 N–H and O–H groups in total. The van der Waals surface area contributed by atoms with Crippen molar-refractivity contribution in [3.63, 3.8) is 0 Å². The van der Waals surface area contributed by atoms with Gasteiger partial charge >= 0.3 is 0 Å². The van der Waals surface area contributed by atoms with Crippen molar-refractivity contribution in [1.29, 1.82) is 0 Å². The van der Waals surface area contributed by atoms with E-state index in [1.807, 2.05) is 13.0 Å². The van der Waals surface area contributed by atoms with E-state index in [9.17, 15) is 4.79 Å². The Hall–Kier alpha value is -0.920. The van der Waals surface area contributed by atoms with Gasteiger partial charge in [0, 0.05) is 6.21 Å². The topological polar surface area (TPSA) is 29.4 Å². The smallest absolute Gasteiger partial charge is 0.151 e. The van der Waals surface area contributed by atoms with E-state index in [0.717, 1.165) is 11.9 Å². The highest BCUT2D eigenvalue weighted by Crippen LogP contribution is 2.16. The van der Waals surface area contributed by atoms with Crippen LogP contribution in [0.25, 0.3) is 0 Å². The Balaban J connectivity index is 2.90. The third-order valence-electron chi connectivity index (χ3n) is 1.30. The van der Waals surface area contributed by atoms with Crippen molar-refractivity contribution in [3.8, 4) is 0 Å². The van der Waals surface area contributed by atoms with Gasteiger partial charge in [0.2, 0.25) is 0 Å². The number of carbonyl (C=O) groups is 1. The minimum Gasteiger partial charge on any atom is -0.300 e. The van der Waals surface area contributed by atoms with Crippen molar-refractivity contribution < 1.29 is 4.79 Å². The Morgan fingerprint density at radius 2 is 2.44 bits per heavy atom. The number of carbonyl (C=O) groups excluding carboxylic acids is 1. The SMILES string of the molecule is CC1=CC(C)(C=O)N=C1. The summed E-state index contributed by atoms with van der Waals surface area (Å²) in [6.45, 7) is 3.71. The molecule has 48 valence electrons. The summed E-state index contributed by atoms with van der Waals surface area (Å²) < 4.78 is 0. The third kappa shape index (κ3) is 1.07. The summed E-state index contributed by atoms with van der Waals surface area (Å²) in [6.07, 6.45) is 4.41. The number of aliphatic imine (C=N–C) groups is 1. The molecular formula is C7H9NO. The van der Waals surface area contributed by atoms with E-state index in [-0.39, 0.29) is 0 Å². The standard InChI is InChI=1S/C7H9NO/c1-6-3-7(2,5-9)8-4-6/h3-5H,1-2H3. The fourth-order valence-corrected chi connectivity index (χ4v) is 0.841. The van der Waals surface area contributed by atoms with Crippen molar-refractivity contribution in [2.75, 3.05) is 0 Å². The average molecular weight is 123 g/mol. The van der Waals surface area contributed by atoms with Gasteiger partial charge in [-0.2, -0.15) is 0 Å². The van der Waals surface area contributed by atoms with Gasteiger partial charge in [0.25, 0.3) is 0 Å². The van der Waals surface area contributed by atoms with Crippen LogP contribution < -0.4 is 0 Å². The largest absolute Gasteiger partial charge is 0.300 e. The molecule has 1 aliphatic heterocycles. The molecule has 1 aliphatic rings. The first kappa shape index (κ1) is 6.20. The van der Waals surface area contributed by atoms with Gasteiger partial charge in [-0.25, -0.2) is 0 Å². The van der Waals surface area contributed by atoms with Gasteiger partial charge in [-0.1, -0.05) is 0 Å². The first-order valence-electron chi connectivity index (χ1n) is 2.87. The Kier molecular flexibility index (Phi) is 1.24. The molecule has 0 aromatic rings. The zero-order chi connectivity index (χ0) is 6.91. The molecule has 0 aromatic heterocycles. The maximum atomic E-state index is 10.3.